The molecule has 1 N–H and O–H groups in total. The fourth-order valence-electron chi connectivity index (χ4n) is 3.15. The molecule has 3 rings (SSSR count). The van der Waals surface area contributed by atoms with Crippen molar-refractivity contribution in [1.29, 1.82) is 0 Å². The number of piperidine rings is 1. The molecule has 0 bridgehead atoms. The summed E-state index contributed by atoms with van der Waals surface area (Å²) in [5.41, 5.74) is 2.44. The number of rotatable bonds is 5. The fraction of sp³-hybridized carbons (Fsp3) is 0.471. The average Bonchev–Trinajstić information content (AvgIpc) is 3.03. The summed E-state index contributed by atoms with van der Waals surface area (Å²) in [6.07, 6.45) is 7.20. The second kappa shape index (κ2) is 6.87. The topological polar surface area (TPSA) is 41.3 Å². The van der Waals surface area contributed by atoms with E-state index in [0.717, 1.165) is 25.2 Å². The van der Waals surface area contributed by atoms with Crippen LogP contribution in [0.5, 0.6) is 0 Å². The Labute approximate surface area is 126 Å². The Morgan fingerprint density at radius 2 is 2.10 bits per heavy atom. The normalized spacial score (nSPS) is 19.8. The molecular formula is C17H23N3O. The number of likely N-dealkylation sites (tertiary alicyclic amines) is 1. The van der Waals surface area contributed by atoms with E-state index in [2.05, 4.69) is 34.3 Å². The van der Waals surface area contributed by atoms with Gasteiger partial charge in [-0.15, -0.1) is 0 Å². The minimum atomic E-state index is 0.317. The van der Waals surface area contributed by atoms with Crippen LogP contribution in [-0.4, -0.2) is 39.5 Å². The number of aromatic nitrogens is 2. The number of aliphatic hydroxyl groups excluding tert-OH is 1. The van der Waals surface area contributed by atoms with Crippen molar-refractivity contribution in [2.75, 3.05) is 19.7 Å². The zero-order valence-electron chi connectivity index (χ0n) is 12.4. The van der Waals surface area contributed by atoms with Gasteiger partial charge in [0.2, 0.25) is 0 Å². The molecule has 0 saturated carbocycles. The molecule has 1 aromatic carbocycles. The van der Waals surface area contributed by atoms with Crippen LogP contribution < -0.4 is 0 Å². The lowest BCUT2D eigenvalue weighted by Crippen LogP contribution is -2.35. The van der Waals surface area contributed by atoms with E-state index in [1.54, 1.807) is 6.20 Å². The maximum atomic E-state index is 9.09. The first-order valence-electron chi connectivity index (χ1n) is 7.77. The highest BCUT2D eigenvalue weighted by atomic mass is 16.3. The highest BCUT2D eigenvalue weighted by Gasteiger charge is 2.19. The molecule has 2 heterocycles. The van der Waals surface area contributed by atoms with E-state index in [9.17, 15) is 0 Å². The number of hydrogen-bond donors (Lipinski definition) is 1. The SMILES string of the molecule is OCCC1CCCN(Cc2ccc(-n3cccn3)cc2)C1. The van der Waals surface area contributed by atoms with Crippen molar-refractivity contribution in [3.8, 4) is 5.69 Å². The summed E-state index contributed by atoms with van der Waals surface area (Å²) in [5, 5.41) is 13.3. The van der Waals surface area contributed by atoms with Gasteiger partial charge >= 0.3 is 0 Å². The summed E-state index contributed by atoms with van der Waals surface area (Å²) in [6, 6.07) is 10.6. The van der Waals surface area contributed by atoms with Crippen LogP contribution in [0.4, 0.5) is 0 Å². The van der Waals surface area contributed by atoms with E-state index in [0.29, 0.717) is 12.5 Å². The highest BCUT2D eigenvalue weighted by Crippen LogP contribution is 2.21. The maximum absolute atomic E-state index is 9.09. The molecule has 1 aliphatic rings. The van der Waals surface area contributed by atoms with E-state index >= 15 is 0 Å². The molecule has 1 saturated heterocycles. The third-order valence-electron chi connectivity index (χ3n) is 4.25. The van der Waals surface area contributed by atoms with E-state index in [1.165, 1.54) is 24.9 Å². The van der Waals surface area contributed by atoms with Crippen LogP contribution in [0, 0.1) is 5.92 Å². The van der Waals surface area contributed by atoms with Crippen molar-refractivity contribution >= 4 is 0 Å². The minimum absolute atomic E-state index is 0.317. The Morgan fingerprint density at radius 1 is 1.24 bits per heavy atom. The lowest BCUT2D eigenvalue weighted by atomic mass is 9.95. The lowest BCUT2D eigenvalue weighted by Gasteiger charge is -2.32. The summed E-state index contributed by atoms with van der Waals surface area (Å²) in [4.78, 5) is 2.51. The van der Waals surface area contributed by atoms with Crippen LogP contribution in [0.1, 0.15) is 24.8 Å². The van der Waals surface area contributed by atoms with E-state index in [-0.39, 0.29) is 0 Å². The molecule has 0 aliphatic carbocycles. The average molecular weight is 285 g/mol. The van der Waals surface area contributed by atoms with E-state index in [4.69, 9.17) is 5.11 Å². The molecule has 1 fully saturated rings. The first-order chi connectivity index (χ1) is 10.3. The van der Waals surface area contributed by atoms with Crippen LogP contribution in [0.2, 0.25) is 0 Å². The van der Waals surface area contributed by atoms with Crippen molar-refractivity contribution in [2.24, 2.45) is 5.92 Å². The third kappa shape index (κ3) is 3.71. The predicted molar refractivity (Wildman–Crippen MR) is 83.3 cm³/mol. The van der Waals surface area contributed by atoms with Crippen LogP contribution >= 0.6 is 0 Å². The maximum Gasteiger partial charge on any atom is 0.0645 e. The standard InChI is InChI=1S/C17H23N3O/c21-12-8-15-3-1-10-19(13-15)14-16-4-6-17(7-5-16)20-11-2-9-18-20/h2,4-7,9,11,15,21H,1,3,8,10,12-14H2. The van der Waals surface area contributed by atoms with Gasteiger partial charge in [0.1, 0.15) is 0 Å². The number of aliphatic hydroxyl groups is 1. The lowest BCUT2D eigenvalue weighted by molar-refractivity contribution is 0.142. The van der Waals surface area contributed by atoms with Crippen molar-refractivity contribution in [1.82, 2.24) is 14.7 Å². The van der Waals surface area contributed by atoms with E-state index in [1.807, 2.05) is 16.9 Å². The smallest absolute Gasteiger partial charge is 0.0645 e. The Balaban J connectivity index is 1.60. The quantitative estimate of drug-likeness (QED) is 0.917. The zero-order valence-corrected chi connectivity index (χ0v) is 12.4. The van der Waals surface area contributed by atoms with Crippen LogP contribution in [0.15, 0.2) is 42.7 Å². The van der Waals surface area contributed by atoms with Gasteiger partial charge in [-0.3, -0.25) is 4.90 Å². The van der Waals surface area contributed by atoms with Crippen LogP contribution in [0.3, 0.4) is 0 Å². The van der Waals surface area contributed by atoms with Gasteiger partial charge in [0.05, 0.1) is 5.69 Å². The van der Waals surface area contributed by atoms with Gasteiger partial charge in [-0.25, -0.2) is 4.68 Å². The second-order valence-electron chi connectivity index (χ2n) is 5.87. The molecular weight excluding hydrogens is 262 g/mol. The minimum Gasteiger partial charge on any atom is -0.396 e. The first kappa shape index (κ1) is 14.3. The molecule has 4 heteroatoms. The molecule has 1 atom stereocenters. The van der Waals surface area contributed by atoms with Crippen molar-refractivity contribution in [2.45, 2.75) is 25.8 Å². The molecule has 1 aromatic heterocycles. The summed E-state index contributed by atoms with van der Waals surface area (Å²) < 4.78 is 1.88. The molecule has 0 radical (unpaired) electrons. The summed E-state index contributed by atoms with van der Waals surface area (Å²) in [7, 11) is 0. The molecule has 21 heavy (non-hydrogen) atoms. The van der Waals surface area contributed by atoms with Crippen molar-refractivity contribution in [3.05, 3.63) is 48.3 Å². The van der Waals surface area contributed by atoms with Gasteiger partial charge in [-0.2, -0.15) is 5.10 Å². The third-order valence-corrected chi connectivity index (χ3v) is 4.25. The van der Waals surface area contributed by atoms with Crippen molar-refractivity contribution in [3.63, 3.8) is 0 Å². The largest absolute Gasteiger partial charge is 0.396 e. The summed E-state index contributed by atoms with van der Waals surface area (Å²) in [6.45, 7) is 3.60. The molecule has 2 aromatic rings. The van der Waals surface area contributed by atoms with Gasteiger partial charge in [-0.05, 0) is 55.5 Å². The van der Waals surface area contributed by atoms with Gasteiger partial charge in [0.15, 0.2) is 0 Å². The fourth-order valence-corrected chi connectivity index (χ4v) is 3.15. The zero-order chi connectivity index (χ0) is 14.5. The second-order valence-corrected chi connectivity index (χ2v) is 5.87. The van der Waals surface area contributed by atoms with Gasteiger partial charge < -0.3 is 5.11 Å². The van der Waals surface area contributed by atoms with Gasteiger partial charge in [0, 0.05) is 32.1 Å². The van der Waals surface area contributed by atoms with Crippen molar-refractivity contribution < 1.29 is 5.11 Å². The van der Waals surface area contributed by atoms with Crippen LogP contribution in [-0.2, 0) is 6.54 Å². The Morgan fingerprint density at radius 3 is 2.81 bits per heavy atom. The molecule has 1 aliphatic heterocycles. The number of hydrogen-bond acceptors (Lipinski definition) is 3. The van der Waals surface area contributed by atoms with Gasteiger partial charge in [0.25, 0.3) is 0 Å². The monoisotopic (exact) mass is 285 g/mol. The summed E-state index contributed by atoms with van der Waals surface area (Å²) >= 11 is 0. The molecule has 1 unspecified atom stereocenters. The molecule has 4 nitrogen and oxygen atoms in total. The summed E-state index contributed by atoms with van der Waals surface area (Å²) in [5.74, 6) is 0.659. The van der Waals surface area contributed by atoms with E-state index < -0.39 is 0 Å². The Bertz CT molecular complexity index is 534. The predicted octanol–water partition coefficient (Wildman–Crippen LogP) is 2.47. The highest BCUT2D eigenvalue weighted by molar-refractivity contribution is 5.33. The molecule has 112 valence electrons. The Hall–Kier alpha value is -1.65. The molecule has 0 spiro atoms. The van der Waals surface area contributed by atoms with Crippen LogP contribution in [0.25, 0.3) is 5.69 Å². The first-order valence-corrected chi connectivity index (χ1v) is 7.77. The van der Waals surface area contributed by atoms with Gasteiger partial charge in [-0.1, -0.05) is 12.1 Å². The Kier molecular flexibility index (Phi) is 4.68. The number of benzene rings is 1. The molecule has 0 amide bonds. The number of nitrogens with zero attached hydrogens (tertiary/aromatic N) is 3.